The number of amides is 1. The summed E-state index contributed by atoms with van der Waals surface area (Å²) >= 11 is 5.27. The van der Waals surface area contributed by atoms with E-state index in [1.165, 1.54) is 0 Å². The van der Waals surface area contributed by atoms with E-state index in [4.69, 9.17) is 11.6 Å². The molecule has 0 radical (unpaired) electrons. The second-order valence-corrected chi connectivity index (χ2v) is 5.96. The van der Waals surface area contributed by atoms with Crippen molar-refractivity contribution in [1.82, 2.24) is 5.32 Å². The predicted octanol–water partition coefficient (Wildman–Crippen LogP) is 1.30. The fourth-order valence-corrected chi connectivity index (χ4v) is 2.06. The molecule has 0 aromatic heterocycles. The van der Waals surface area contributed by atoms with Crippen LogP contribution in [0, 0.1) is 0 Å². The Bertz CT molecular complexity index is 500. The van der Waals surface area contributed by atoms with Gasteiger partial charge >= 0.3 is 0 Å². The standard InChI is InChI=1S/C11H15ClN2O3S/c1-2-13-11(15)7-9-3-5-10(6-4-9)14-18(16,17)8-12/h3-6,14H,2,7-8H2,1H3,(H,13,15). The van der Waals surface area contributed by atoms with Gasteiger partial charge in [0, 0.05) is 12.2 Å². The number of alkyl halides is 1. The minimum absolute atomic E-state index is 0.0633. The van der Waals surface area contributed by atoms with Gasteiger partial charge < -0.3 is 5.32 Å². The van der Waals surface area contributed by atoms with E-state index in [1.54, 1.807) is 24.3 Å². The van der Waals surface area contributed by atoms with Crippen LogP contribution in [0.4, 0.5) is 5.69 Å². The van der Waals surface area contributed by atoms with Crippen molar-refractivity contribution in [3.8, 4) is 0 Å². The summed E-state index contributed by atoms with van der Waals surface area (Å²) in [7, 11) is -3.48. The number of likely N-dealkylation sites (N-methyl/N-ethyl adjacent to an activating group) is 1. The third-order valence-corrected chi connectivity index (χ3v) is 3.81. The lowest BCUT2D eigenvalue weighted by Gasteiger charge is -2.06. The molecule has 0 fully saturated rings. The Morgan fingerprint density at radius 3 is 2.39 bits per heavy atom. The Hall–Kier alpha value is -1.27. The summed E-state index contributed by atoms with van der Waals surface area (Å²) in [6, 6.07) is 6.58. The lowest BCUT2D eigenvalue weighted by atomic mass is 10.1. The number of carbonyl (C=O) groups is 1. The lowest BCUT2D eigenvalue weighted by Crippen LogP contribution is -2.24. The molecule has 0 saturated carbocycles. The zero-order valence-corrected chi connectivity index (χ0v) is 11.5. The Balaban J connectivity index is 2.66. The molecule has 0 aliphatic carbocycles. The summed E-state index contributed by atoms with van der Waals surface area (Å²) in [6.07, 6.45) is 0.274. The van der Waals surface area contributed by atoms with Gasteiger partial charge in [-0.25, -0.2) is 8.42 Å². The molecule has 1 aromatic carbocycles. The van der Waals surface area contributed by atoms with Crippen LogP contribution in [0.2, 0.25) is 0 Å². The van der Waals surface area contributed by atoms with Gasteiger partial charge in [0.2, 0.25) is 15.9 Å². The van der Waals surface area contributed by atoms with Crippen LogP contribution in [0.1, 0.15) is 12.5 Å². The van der Waals surface area contributed by atoms with Crippen molar-refractivity contribution in [2.45, 2.75) is 13.3 Å². The van der Waals surface area contributed by atoms with Crippen molar-refractivity contribution in [2.24, 2.45) is 0 Å². The van der Waals surface area contributed by atoms with Gasteiger partial charge in [0.1, 0.15) is 5.21 Å². The highest BCUT2D eigenvalue weighted by molar-refractivity contribution is 7.93. The normalized spacial score (nSPS) is 11.0. The molecular formula is C11H15ClN2O3S. The number of nitrogens with one attached hydrogen (secondary N) is 2. The van der Waals surface area contributed by atoms with Crippen LogP contribution in [0.3, 0.4) is 0 Å². The Labute approximate surface area is 112 Å². The van der Waals surface area contributed by atoms with Crippen molar-refractivity contribution in [3.63, 3.8) is 0 Å². The Morgan fingerprint density at radius 1 is 1.28 bits per heavy atom. The van der Waals surface area contributed by atoms with E-state index in [0.717, 1.165) is 5.56 Å². The number of sulfonamides is 1. The maximum Gasteiger partial charge on any atom is 0.246 e. The van der Waals surface area contributed by atoms with Gasteiger partial charge in [0.15, 0.2) is 0 Å². The number of anilines is 1. The average Bonchev–Trinajstić information content (AvgIpc) is 2.32. The van der Waals surface area contributed by atoms with E-state index in [2.05, 4.69) is 10.0 Å². The Kier molecular flexibility index (Phi) is 5.43. The average molecular weight is 291 g/mol. The summed E-state index contributed by atoms with van der Waals surface area (Å²) in [4.78, 5) is 11.3. The van der Waals surface area contributed by atoms with Crippen LogP contribution in [-0.4, -0.2) is 26.1 Å². The SMILES string of the molecule is CCNC(=O)Cc1ccc(NS(=O)(=O)CCl)cc1. The molecule has 0 spiro atoms. The van der Waals surface area contributed by atoms with Crippen molar-refractivity contribution in [3.05, 3.63) is 29.8 Å². The first-order chi connectivity index (χ1) is 8.46. The molecular weight excluding hydrogens is 276 g/mol. The van der Waals surface area contributed by atoms with E-state index < -0.39 is 15.2 Å². The number of hydrogen-bond acceptors (Lipinski definition) is 3. The fraction of sp³-hybridized carbons (Fsp3) is 0.364. The van der Waals surface area contributed by atoms with Crippen molar-refractivity contribution < 1.29 is 13.2 Å². The third kappa shape index (κ3) is 4.93. The van der Waals surface area contributed by atoms with Crippen molar-refractivity contribution in [2.75, 3.05) is 16.5 Å². The molecule has 2 N–H and O–H groups in total. The summed E-state index contributed by atoms with van der Waals surface area (Å²) in [5, 5.41) is 2.20. The number of hydrogen-bond donors (Lipinski definition) is 2. The molecule has 0 saturated heterocycles. The van der Waals surface area contributed by atoms with Gasteiger partial charge in [-0.15, -0.1) is 11.6 Å². The number of rotatable bonds is 6. The van der Waals surface area contributed by atoms with E-state index in [0.29, 0.717) is 12.2 Å². The highest BCUT2D eigenvalue weighted by Crippen LogP contribution is 2.12. The monoisotopic (exact) mass is 290 g/mol. The summed E-state index contributed by atoms with van der Waals surface area (Å²) in [6.45, 7) is 2.44. The molecule has 1 amide bonds. The maximum atomic E-state index is 11.3. The molecule has 18 heavy (non-hydrogen) atoms. The van der Waals surface area contributed by atoms with Crippen LogP contribution in [0.25, 0.3) is 0 Å². The van der Waals surface area contributed by atoms with Gasteiger partial charge in [-0.05, 0) is 24.6 Å². The smallest absolute Gasteiger partial charge is 0.246 e. The van der Waals surface area contributed by atoms with Crippen LogP contribution < -0.4 is 10.0 Å². The largest absolute Gasteiger partial charge is 0.356 e. The van der Waals surface area contributed by atoms with Gasteiger partial charge in [-0.1, -0.05) is 12.1 Å². The number of benzene rings is 1. The third-order valence-electron chi connectivity index (χ3n) is 2.11. The molecule has 5 nitrogen and oxygen atoms in total. The van der Waals surface area contributed by atoms with Gasteiger partial charge in [-0.3, -0.25) is 9.52 Å². The van der Waals surface area contributed by atoms with E-state index in [-0.39, 0.29) is 12.3 Å². The van der Waals surface area contributed by atoms with E-state index in [9.17, 15) is 13.2 Å². The quantitative estimate of drug-likeness (QED) is 0.776. The number of halogens is 1. The molecule has 1 aromatic rings. The molecule has 7 heteroatoms. The lowest BCUT2D eigenvalue weighted by molar-refractivity contribution is -0.120. The fourth-order valence-electron chi connectivity index (χ4n) is 1.34. The molecule has 1 rings (SSSR count). The molecule has 0 bridgehead atoms. The minimum atomic E-state index is -3.48. The predicted molar refractivity (Wildman–Crippen MR) is 72.1 cm³/mol. The van der Waals surface area contributed by atoms with Crippen LogP contribution in [0.15, 0.2) is 24.3 Å². The van der Waals surface area contributed by atoms with Gasteiger partial charge in [-0.2, -0.15) is 0 Å². The zero-order valence-electron chi connectivity index (χ0n) is 9.94. The maximum absolute atomic E-state index is 11.3. The second kappa shape index (κ2) is 6.61. The molecule has 0 heterocycles. The highest BCUT2D eigenvalue weighted by Gasteiger charge is 2.08. The summed E-state index contributed by atoms with van der Waals surface area (Å²) < 4.78 is 24.7. The van der Waals surface area contributed by atoms with E-state index >= 15 is 0 Å². The molecule has 0 aliphatic heterocycles. The van der Waals surface area contributed by atoms with Crippen molar-refractivity contribution >= 4 is 33.2 Å². The zero-order chi connectivity index (χ0) is 13.6. The van der Waals surface area contributed by atoms with E-state index in [1.807, 2.05) is 6.92 Å². The first kappa shape index (κ1) is 14.8. The van der Waals surface area contributed by atoms with Crippen LogP contribution >= 0.6 is 11.6 Å². The molecule has 0 aliphatic rings. The topological polar surface area (TPSA) is 75.3 Å². The molecule has 0 atom stereocenters. The molecule has 0 unspecified atom stereocenters. The highest BCUT2D eigenvalue weighted by atomic mass is 35.5. The van der Waals surface area contributed by atoms with Crippen molar-refractivity contribution in [1.29, 1.82) is 0 Å². The second-order valence-electron chi connectivity index (χ2n) is 3.65. The molecule has 100 valence electrons. The minimum Gasteiger partial charge on any atom is -0.356 e. The van der Waals surface area contributed by atoms with Gasteiger partial charge in [0.25, 0.3) is 0 Å². The summed E-state index contributed by atoms with van der Waals surface area (Å²) in [5.41, 5.74) is 1.24. The Morgan fingerprint density at radius 2 is 1.89 bits per heavy atom. The first-order valence-corrected chi connectivity index (χ1v) is 7.57. The summed E-state index contributed by atoms with van der Waals surface area (Å²) in [5.74, 6) is -0.0633. The van der Waals surface area contributed by atoms with Crippen LogP contribution in [0.5, 0.6) is 0 Å². The van der Waals surface area contributed by atoms with Crippen LogP contribution in [-0.2, 0) is 21.2 Å². The first-order valence-electron chi connectivity index (χ1n) is 5.39. The van der Waals surface area contributed by atoms with Gasteiger partial charge in [0.05, 0.1) is 6.42 Å². The number of carbonyl (C=O) groups excluding carboxylic acids is 1.